The monoisotopic (exact) mass is 533 g/mol. The van der Waals surface area contributed by atoms with Crippen LogP contribution >= 0.6 is 11.6 Å². The zero-order valence-corrected chi connectivity index (χ0v) is 19.9. The predicted molar refractivity (Wildman–Crippen MR) is 125 cm³/mol. The zero-order valence-electron chi connectivity index (χ0n) is 19.1. The van der Waals surface area contributed by atoms with Gasteiger partial charge in [0.05, 0.1) is 0 Å². The molecular weight excluding hydrogens is 507 g/mol. The molecular formula is C24H27ClF3NO7. The van der Waals surface area contributed by atoms with Crippen molar-refractivity contribution in [3.63, 3.8) is 0 Å². The van der Waals surface area contributed by atoms with Gasteiger partial charge >= 0.3 is 18.1 Å². The normalized spacial score (nSPS) is 15.5. The van der Waals surface area contributed by atoms with Crippen molar-refractivity contribution in [2.75, 3.05) is 19.7 Å². The molecule has 1 aliphatic rings. The third kappa shape index (κ3) is 10.7. The average molecular weight is 534 g/mol. The molecule has 12 heteroatoms. The first kappa shape index (κ1) is 29.2. The average Bonchev–Trinajstić information content (AvgIpc) is 2.81. The number of rotatable bonds is 10. The van der Waals surface area contributed by atoms with Crippen LogP contribution in [-0.4, -0.2) is 65.3 Å². The minimum Gasteiger partial charge on any atom is -0.491 e. The highest BCUT2D eigenvalue weighted by Crippen LogP contribution is 2.28. The van der Waals surface area contributed by atoms with Crippen LogP contribution < -0.4 is 14.8 Å². The fourth-order valence-electron chi connectivity index (χ4n) is 3.27. The molecule has 0 bridgehead atoms. The lowest BCUT2D eigenvalue weighted by molar-refractivity contribution is -0.192. The van der Waals surface area contributed by atoms with Crippen molar-refractivity contribution in [2.45, 2.75) is 44.1 Å². The van der Waals surface area contributed by atoms with Crippen LogP contribution in [-0.2, 0) is 22.4 Å². The molecule has 0 fully saturated rings. The van der Waals surface area contributed by atoms with Gasteiger partial charge in [0.25, 0.3) is 0 Å². The number of carboxylic acids is 2. The van der Waals surface area contributed by atoms with Gasteiger partial charge in [-0.1, -0.05) is 29.8 Å². The van der Waals surface area contributed by atoms with Gasteiger partial charge in [0.15, 0.2) is 0 Å². The van der Waals surface area contributed by atoms with Gasteiger partial charge in [-0.05, 0) is 54.7 Å². The quantitative estimate of drug-likeness (QED) is 0.364. The second kappa shape index (κ2) is 13.9. The summed E-state index contributed by atoms with van der Waals surface area (Å²) < 4.78 is 43.3. The van der Waals surface area contributed by atoms with Crippen LogP contribution in [0, 0.1) is 0 Å². The van der Waals surface area contributed by atoms with Crippen LogP contribution in [0.1, 0.15) is 24.0 Å². The molecule has 0 aromatic heterocycles. The Morgan fingerprint density at radius 1 is 1.19 bits per heavy atom. The lowest BCUT2D eigenvalue weighted by atomic mass is 9.98. The Balaban J connectivity index is 0.000000572. The number of carbonyl (C=O) groups is 2. The number of carboxylic acid groups (broad SMARTS) is 2. The number of nitrogens with one attached hydrogen (secondary N) is 1. The van der Waals surface area contributed by atoms with E-state index in [0.717, 1.165) is 29.7 Å². The Morgan fingerprint density at radius 3 is 2.56 bits per heavy atom. The molecule has 8 nitrogen and oxygen atoms in total. The molecule has 4 N–H and O–H groups in total. The van der Waals surface area contributed by atoms with E-state index in [0.29, 0.717) is 30.3 Å². The van der Waals surface area contributed by atoms with Gasteiger partial charge in [0.1, 0.15) is 30.3 Å². The van der Waals surface area contributed by atoms with Crippen molar-refractivity contribution in [1.29, 1.82) is 0 Å². The highest BCUT2D eigenvalue weighted by Gasteiger charge is 2.38. The molecule has 198 valence electrons. The minimum atomic E-state index is -5.08. The molecule has 0 saturated heterocycles. The number of aliphatic carboxylic acids is 2. The van der Waals surface area contributed by atoms with Crippen LogP contribution in [0.3, 0.4) is 0 Å². The maximum Gasteiger partial charge on any atom is 0.490 e. The van der Waals surface area contributed by atoms with Crippen molar-refractivity contribution in [1.82, 2.24) is 5.32 Å². The van der Waals surface area contributed by atoms with E-state index < -0.39 is 24.2 Å². The first-order chi connectivity index (χ1) is 16.9. The van der Waals surface area contributed by atoms with E-state index in [4.69, 9.17) is 36.1 Å². The molecule has 0 radical (unpaired) electrons. The zero-order chi connectivity index (χ0) is 26.7. The molecule has 0 unspecified atom stereocenters. The number of fused-ring (bicyclic) bond motifs is 1. The number of alkyl halides is 3. The van der Waals surface area contributed by atoms with Gasteiger partial charge in [0, 0.05) is 24.5 Å². The van der Waals surface area contributed by atoms with Crippen LogP contribution in [0.25, 0.3) is 0 Å². The van der Waals surface area contributed by atoms with Gasteiger partial charge in [-0.2, -0.15) is 13.2 Å². The maximum absolute atomic E-state index is 10.7. The number of hydrogen-bond donors (Lipinski definition) is 4. The molecule has 1 heterocycles. The van der Waals surface area contributed by atoms with Crippen LogP contribution in [0.2, 0.25) is 5.02 Å². The number of aliphatic hydroxyl groups excluding tert-OH is 1. The molecule has 0 saturated carbocycles. The van der Waals surface area contributed by atoms with Crippen molar-refractivity contribution in [2.24, 2.45) is 0 Å². The summed E-state index contributed by atoms with van der Waals surface area (Å²) in [5, 5.41) is 29.8. The fraction of sp³-hybridized carbons (Fsp3) is 0.417. The van der Waals surface area contributed by atoms with E-state index in [2.05, 4.69) is 5.32 Å². The third-order valence-electron chi connectivity index (χ3n) is 5.01. The minimum absolute atomic E-state index is 0.0356. The second-order valence-electron chi connectivity index (χ2n) is 8.00. The highest BCUT2D eigenvalue weighted by molar-refractivity contribution is 6.30. The van der Waals surface area contributed by atoms with E-state index >= 15 is 0 Å². The number of hydrogen-bond acceptors (Lipinski definition) is 6. The van der Waals surface area contributed by atoms with Crippen molar-refractivity contribution in [3.05, 3.63) is 58.6 Å². The topological polar surface area (TPSA) is 125 Å². The van der Waals surface area contributed by atoms with E-state index in [1.54, 1.807) is 24.3 Å². The molecule has 0 spiro atoms. The molecule has 2 aromatic carbocycles. The Hall–Kier alpha value is -3.02. The molecule has 36 heavy (non-hydrogen) atoms. The second-order valence-corrected chi connectivity index (χ2v) is 8.43. The first-order valence-corrected chi connectivity index (χ1v) is 11.4. The lowest BCUT2D eigenvalue weighted by Gasteiger charge is -2.27. The number of benzene rings is 2. The van der Waals surface area contributed by atoms with Crippen LogP contribution in [0.4, 0.5) is 13.2 Å². The van der Waals surface area contributed by atoms with Gasteiger partial charge in [-0.25, -0.2) is 4.79 Å². The van der Waals surface area contributed by atoms with Crippen molar-refractivity contribution >= 4 is 23.5 Å². The summed E-state index contributed by atoms with van der Waals surface area (Å²) in [6.07, 6.45) is -3.26. The number of halogens is 4. The summed E-state index contributed by atoms with van der Waals surface area (Å²) in [7, 11) is 0. The van der Waals surface area contributed by atoms with Crippen molar-refractivity contribution < 1.29 is 47.6 Å². The summed E-state index contributed by atoms with van der Waals surface area (Å²) in [6.45, 7) is 1.22. The number of aliphatic hydroxyl groups is 1. The third-order valence-corrected chi connectivity index (χ3v) is 5.25. The van der Waals surface area contributed by atoms with Gasteiger partial charge in [-0.3, -0.25) is 4.79 Å². The number of aryl methyl sites for hydroxylation is 2. The summed E-state index contributed by atoms with van der Waals surface area (Å²) in [5.74, 6) is -2.06. The Labute approximate surface area is 210 Å². The largest absolute Gasteiger partial charge is 0.491 e. The highest BCUT2D eigenvalue weighted by atomic mass is 35.5. The van der Waals surface area contributed by atoms with Gasteiger partial charge < -0.3 is 30.1 Å². The molecule has 2 atom stereocenters. The lowest BCUT2D eigenvalue weighted by Crippen LogP contribution is -2.39. The SMILES string of the molecule is O=C(O)C(F)(F)F.O=C(O)CCc1ccc2c(c1)CC[C@H](CNC[C@H](O)COc1cccc(Cl)c1)O2. The Bertz CT molecular complexity index is 1020. The van der Waals surface area contributed by atoms with E-state index in [-0.39, 0.29) is 19.1 Å². The predicted octanol–water partition coefficient (Wildman–Crippen LogP) is 3.71. The summed E-state index contributed by atoms with van der Waals surface area (Å²) in [4.78, 5) is 19.6. The van der Waals surface area contributed by atoms with Gasteiger partial charge in [-0.15, -0.1) is 0 Å². The summed E-state index contributed by atoms with van der Waals surface area (Å²) in [6, 6.07) is 13.0. The smallest absolute Gasteiger partial charge is 0.490 e. The van der Waals surface area contributed by atoms with Crippen molar-refractivity contribution in [3.8, 4) is 11.5 Å². The molecule has 0 aliphatic carbocycles. The van der Waals surface area contributed by atoms with Gasteiger partial charge in [0.2, 0.25) is 0 Å². The molecule has 3 rings (SSSR count). The molecule has 2 aromatic rings. The number of ether oxygens (including phenoxy) is 2. The molecule has 0 amide bonds. The first-order valence-electron chi connectivity index (χ1n) is 11.0. The van der Waals surface area contributed by atoms with Crippen LogP contribution in [0.5, 0.6) is 11.5 Å². The van der Waals surface area contributed by atoms with E-state index in [9.17, 15) is 23.1 Å². The summed E-state index contributed by atoms with van der Waals surface area (Å²) >= 11 is 5.91. The Morgan fingerprint density at radius 2 is 1.92 bits per heavy atom. The molecule has 1 aliphatic heterocycles. The fourth-order valence-corrected chi connectivity index (χ4v) is 3.45. The maximum atomic E-state index is 10.7. The van der Waals surface area contributed by atoms with E-state index in [1.807, 2.05) is 18.2 Å². The van der Waals surface area contributed by atoms with Crippen LogP contribution in [0.15, 0.2) is 42.5 Å². The summed E-state index contributed by atoms with van der Waals surface area (Å²) in [5.41, 5.74) is 2.15. The standard InChI is InChI=1S/C22H26ClNO5.C2HF3O2/c23-17-2-1-3-19(11-17)28-14-18(25)12-24-13-20-7-6-16-10-15(5-9-22(26)27)4-8-21(16)29-20;3-2(4,5)1(6)7/h1-4,8,10-11,18,20,24-25H,5-7,9,12-14H2,(H,26,27);(H,6,7)/t18-,20+;/m0./s1. The van der Waals surface area contributed by atoms with E-state index in [1.165, 1.54) is 0 Å². The Kier molecular flexibility index (Phi) is 11.3.